The van der Waals surface area contributed by atoms with E-state index in [2.05, 4.69) is 27.0 Å². The van der Waals surface area contributed by atoms with Crippen molar-refractivity contribution in [2.45, 2.75) is 44.9 Å². The van der Waals surface area contributed by atoms with Gasteiger partial charge < -0.3 is 19.4 Å². The summed E-state index contributed by atoms with van der Waals surface area (Å²) in [5.74, 6) is 0.0630. The number of H-pyrrole nitrogens is 1. The van der Waals surface area contributed by atoms with Gasteiger partial charge >= 0.3 is 0 Å². The molecule has 3 heterocycles. The zero-order valence-corrected chi connectivity index (χ0v) is 16.0. The smallest absolute Gasteiger partial charge is 0.251 e. The van der Waals surface area contributed by atoms with Crippen LogP contribution in [-0.2, 0) is 27.2 Å². The number of ether oxygens (including phenoxy) is 2. The summed E-state index contributed by atoms with van der Waals surface area (Å²) in [6, 6.07) is 6.18. The van der Waals surface area contributed by atoms with Gasteiger partial charge in [0, 0.05) is 47.2 Å². The van der Waals surface area contributed by atoms with Crippen molar-refractivity contribution in [1.82, 2.24) is 9.88 Å². The Bertz CT molecular complexity index is 782. The number of carbonyl (C=O) groups is 1. The maximum absolute atomic E-state index is 12.8. The minimum Gasteiger partial charge on any atom is -0.376 e. The Hall–Kier alpha value is -1.37. The predicted molar refractivity (Wildman–Crippen MR) is 99.5 cm³/mol. The van der Waals surface area contributed by atoms with Crippen molar-refractivity contribution in [1.29, 1.82) is 0 Å². The van der Waals surface area contributed by atoms with Crippen molar-refractivity contribution in [2.75, 3.05) is 19.8 Å². The first-order valence-corrected chi connectivity index (χ1v) is 9.72. The van der Waals surface area contributed by atoms with Crippen LogP contribution in [0.3, 0.4) is 0 Å². The van der Waals surface area contributed by atoms with E-state index in [1.54, 1.807) is 0 Å². The molecule has 2 aromatic rings. The highest BCUT2D eigenvalue weighted by atomic mass is 79.9. The van der Waals surface area contributed by atoms with Gasteiger partial charge in [-0.3, -0.25) is 4.79 Å². The van der Waals surface area contributed by atoms with Crippen molar-refractivity contribution in [3.63, 3.8) is 0 Å². The van der Waals surface area contributed by atoms with Crippen LogP contribution in [0.1, 0.15) is 31.0 Å². The number of benzene rings is 1. The highest BCUT2D eigenvalue weighted by Gasteiger charge is 2.28. The van der Waals surface area contributed by atoms with E-state index in [1.807, 2.05) is 24.0 Å². The molecule has 0 bridgehead atoms. The Balaban J connectivity index is 1.45. The molecule has 2 aliphatic rings. The van der Waals surface area contributed by atoms with Crippen LogP contribution >= 0.6 is 15.9 Å². The Kier molecular flexibility index (Phi) is 4.84. The second-order valence-electron chi connectivity index (χ2n) is 6.86. The van der Waals surface area contributed by atoms with Gasteiger partial charge in [-0.1, -0.05) is 12.1 Å². The lowest BCUT2D eigenvalue weighted by atomic mass is 10.0. The second kappa shape index (κ2) is 7.09. The first-order chi connectivity index (χ1) is 12.1. The van der Waals surface area contributed by atoms with Crippen LogP contribution in [0.25, 0.3) is 10.9 Å². The number of carbonyl (C=O) groups excluding carboxylic acids is 1. The zero-order chi connectivity index (χ0) is 17.4. The highest BCUT2D eigenvalue weighted by molar-refractivity contribution is 9.10. The lowest BCUT2D eigenvalue weighted by molar-refractivity contribution is -0.145. The predicted octanol–water partition coefficient (Wildman–Crippen LogP) is 3.40. The maximum Gasteiger partial charge on any atom is 0.251 e. The number of rotatable bonds is 4. The first-order valence-electron chi connectivity index (χ1n) is 8.93. The summed E-state index contributed by atoms with van der Waals surface area (Å²) in [4.78, 5) is 18.2. The standard InChI is InChI=1S/C19H23BrN2O3/c1-12(25-11-13-4-3-9-24-13)19(23)22-8-7-17-15(10-22)14-5-2-6-16(20)18(14)21-17/h2,5-6,12-13,21H,3-4,7-11H2,1H3. The largest absolute Gasteiger partial charge is 0.376 e. The SMILES string of the molecule is CC(OCC1CCCO1)C(=O)N1CCc2[nH]c3c(Br)cccc3c2C1. The van der Waals surface area contributed by atoms with Crippen LogP contribution in [0.5, 0.6) is 0 Å². The molecule has 2 aliphatic heterocycles. The molecule has 2 atom stereocenters. The third-order valence-corrected chi connectivity index (χ3v) is 5.84. The summed E-state index contributed by atoms with van der Waals surface area (Å²) in [6.45, 7) is 4.52. The zero-order valence-electron chi connectivity index (χ0n) is 14.4. The average molecular weight is 407 g/mol. The minimum absolute atomic E-state index is 0.0630. The van der Waals surface area contributed by atoms with Gasteiger partial charge in [-0.05, 0) is 41.8 Å². The van der Waals surface area contributed by atoms with E-state index < -0.39 is 6.10 Å². The Morgan fingerprint density at radius 3 is 3.20 bits per heavy atom. The molecule has 1 aromatic heterocycles. The van der Waals surface area contributed by atoms with Gasteiger partial charge in [0.05, 0.1) is 18.2 Å². The summed E-state index contributed by atoms with van der Waals surface area (Å²) in [5, 5.41) is 1.19. The normalized spacial score (nSPS) is 21.5. The van der Waals surface area contributed by atoms with E-state index in [-0.39, 0.29) is 12.0 Å². The second-order valence-corrected chi connectivity index (χ2v) is 7.72. The summed E-state index contributed by atoms with van der Waals surface area (Å²) in [7, 11) is 0. The van der Waals surface area contributed by atoms with Gasteiger partial charge in [-0.25, -0.2) is 0 Å². The number of fused-ring (bicyclic) bond motifs is 3. The molecule has 5 nitrogen and oxygen atoms in total. The molecule has 1 aromatic carbocycles. The minimum atomic E-state index is -0.428. The van der Waals surface area contributed by atoms with Crippen LogP contribution in [0.2, 0.25) is 0 Å². The van der Waals surface area contributed by atoms with Crippen LogP contribution in [0.15, 0.2) is 22.7 Å². The third-order valence-electron chi connectivity index (χ3n) is 5.18. The average Bonchev–Trinajstić information content (AvgIpc) is 3.27. The van der Waals surface area contributed by atoms with Crippen LogP contribution < -0.4 is 0 Å². The quantitative estimate of drug-likeness (QED) is 0.846. The molecule has 0 radical (unpaired) electrons. The lowest BCUT2D eigenvalue weighted by Gasteiger charge is -2.30. The topological polar surface area (TPSA) is 54.6 Å². The molecule has 4 rings (SSSR count). The third kappa shape index (κ3) is 3.35. The van der Waals surface area contributed by atoms with Gasteiger partial charge in [0.1, 0.15) is 6.10 Å². The van der Waals surface area contributed by atoms with Crippen LogP contribution in [0.4, 0.5) is 0 Å². The Morgan fingerprint density at radius 2 is 2.40 bits per heavy atom. The number of amides is 1. The molecule has 0 saturated carbocycles. The van der Waals surface area contributed by atoms with E-state index >= 15 is 0 Å². The van der Waals surface area contributed by atoms with Crippen LogP contribution in [-0.4, -0.2) is 47.8 Å². The number of para-hydroxylation sites is 1. The summed E-state index contributed by atoms with van der Waals surface area (Å²) in [5.41, 5.74) is 3.57. The van der Waals surface area contributed by atoms with E-state index in [9.17, 15) is 4.79 Å². The van der Waals surface area contributed by atoms with Crippen molar-refractivity contribution in [3.05, 3.63) is 33.9 Å². The summed E-state index contributed by atoms with van der Waals surface area (Å²) < 4.78 is 12.4. The fraction of sp³-hybridized carbons (Fsp3) is 0.526. The van der Waals surface area contributed by atoms with Gasteiger partial charge in [0.15, 0.2) is 0 Å². The maximum atomic E-state index is 12.8. The molecule has 1 saturated heterocycles. The first kappa shape index (κ1) is 17.1. The molecule has 1 amide bonds. The van der Waals surface area contributed by atoms with Gasteiger partial charge in [-0.2, -0.15) is 0 Å². The fourth-order valence-electron chi connectivity index (χ4n) is 3.75. The lowest BCUT2D eigenvalue weighted by Crippen LogP contribution is -2.42. The molecular formula is C19H23BrN2O3. The van der Waals surface area contributed by atoms with Crippen molar-refractivity contribution in [2.24, 2.45) is 0 Å². The van der Waals surface area contributed by atoms with Gasteiger partial charge in [-0.15, -0.1) is 0 Å². The van der Waals surface area contributed by atoms with E-state index in [0.717, 1.165) is 42.4 Å². The molecule has 25 heavy (non-hydrogen) atoms. The monoisotopic (exact) mass is 406 g/mol. The molecule has 1 fully saturated rings. The Morgan fingerprint density at radius 1 is 1.52 bits per heavy atom. The number of nitrogens with one attached hydrogen (secondary N) is 1. The van der Waals surface area contributed by atoms with Gasteiger partial charge in [0.25, 0.3) is 5.91 Å². The highest BCUT2D eigenvalue weighted by Crippen LogP contribution is 2.32. The number of nitrogens with zero attached hydrogens (tertiary/aromatic N) is 1. The molecule has 134 valence electrons. The fourth-order valence-corrected chi connectivity index (χ4v) is 4.21. The number of halogens is 1. The molecule has 0 aliphatic carbocycles. The number of aromatic amines is 1. The number of hydrogen-bond donors (Lipinski definition) is 1. The molecule has 2 unspecified atom stereocenters. The molecule has 0 spiro atoms. The summed E-state index contributed by atoms with van der Waals surface area (Å²) in [6.07, 6.45) is 2.68. The van der Waals surface area contributed by atoms with Crippen LogP contribution in [0, 0.1) is 0 Å². The molecule has 1 N–H and O–H groups in total. The molecular weight excluding hydrogens is 384 g/mol. The van der Waals surface area contributed by atoms with Gasteiger partial charge in [0.2, 0.25) is 0 Å². The van der Waals surface area contributed by atoms with Crippen molar-refractivity contribution < 1.29 is 14.3 Å². The molecule has 6 heteroatoms. The van der Waals surface area contributed by atoms with E-state index in [0.29, 0.717) is 13.2 Å². The summed E-state index contributed by atoms with van der Waals surface area (Å²) >= 11 is 3.60. The number of hydrogen-bond acceptors (Lipinski definition) is 3. The number of aromatic nitrogens is 1. The van der Waals surface area contributed by atoms with Crippen molar-refractivity contribution in [3.8, 4) is 0 Å². The van der Waals surface area contributed by atoms with E-state index in [1.165, 1.54) is 16.6 Å². The van der Waals surface area contributed by atoms with Crippen molar-refractivity contribution >= 4 is 32.7 Å². The Labute approximate surface area is 155 Å². The van der Waals surface area contributed by atoms with E-state index in [4.69, 9.17) is 9.47 Å².